The quantitative estimate of drug-likeness (QED) is 0.385. The van der Waals surface area contributed by atoms with E-state index in [1.54, 1.807) is 31.1 Å². The van der Waals surface area contributed by atoms with Gasteiger partial charge in [-0.15, -0.1) is 0 Å². The lowest BCUT2D eigenvalue weighted by Crippen LogP contribution is -2.66. The third-order valence-electron chi connectivity index (χ3n) is 8.07. The molecule has 34 heavy (non-hydrogen) atoms. The van der Waals surface area contributed by atoms with Crippen LogP contribution in [0.5, 0.6) is 5.75 Å². The summed E-state index contributed by atoms with van der Waals surface area (Å²) in [5.41, 5.74) is 6.31. The van der Waals surface area contributed by atoms with Crippen LogP contribution in [-0.4, -0.2) is 68.2 Å². The predicted molar refractivity (Wildman–Crippen MR) is 125 cm³/mol. The second-order valence-corrected chi connectivity index (χ2v) is 10.0. The number of amides is 1. The van der Waals surface area contributed by atoms with Gasteiger partial charge in [-0.25, -0.2) is 0 Å². The molecule has 0 radical (unpaired) electrons. The zero-order chi connectivity index (χ0) is 24.5. The summed E-state index contributed by atoms with van der Waals surface area (Å²) in [6.07, 6.45) is 5.19. The number of rotatable bonds is 2. The van der Waals surface area contributed by atoms with E-state index >= 15 is 0 Å². The maximum atomic E-state index is 12.2. The van der Waals surface area contributed by atoms with E-state index in [2.05, 4.69) is 0 Å². The van der Waals surface area contributed by atoms with Crippen LogP contribution in [0.4, 0.5) is 0 Å². The van der Waals surface area contributed by atoms with Gasteiger partial charge in [-0.2, -0.15) is 0 Å². The van der Waals surface area contributed by atoms with Crippen molar-refractivity contribution in [3.63, 3.8) is 0 Å². The van der Waals surface area contributed by atoms with Crippen LogP contribution in [0, 0.1) is 17.8 Å². The van der Waals surface area contributed by atoms with E-state index in [9.17, 15) is 30.3 Å². The zero-order valence-electron chi connectivity index (χ0n) is 19.1. The number of likely N-dealkylation sites (N-methyl/N-ethyl adjacent to an activating group) is 1. The van der Waals surface area contributed by atoms with E-state index in [1.165, 1.54) is 6.07 Å². The number of hydrogen-bond acceptors (Lipinski definition) is 7. The van der Waals surface area contributed by atoms with Crippen LogP contribution in [0.2, 0.25) is 0 Å². The highest BCUT2D eigenvalue weighted by Crippen LogP contribution is 2.59. The first kappa shape index (κ1) is 22.9. The largest absolute Gasteiger partial charge is 0.509 e. The van der Waals surface area contributed by atoms with Crippen LogP contribution in [0.3, 0.4) is 0 Å². The number of aromatic hydroxyl groups is 1. The fourth-order valence-corrected chi connectivity index (χ4v) is 6.57. The van der Waals surface area contributed by atoms with Crippen molar-refractivity contribution in [2.75, 3.05) is 14.1 Å². The fraction of sp³-hybridized carbons (Fsp3) is 0.423. The van der Waals surface area contributed by atoms with Gasteiger partial charge in [0.2, 0.25) is 5.91 Å². The number of fused-ring (bicyclic) bond motifs is 3. The molecule has 8 nitrogen and oxygen atoms in total. The van der Waals surface area contributed by atoms with Crippen LogP contribution in [0.15, 0.2) is 59.4 Å². The Hall–Kier alpha value is -2.91. The number of allylic oxidation sites excluding steroid dienone is 6. The minimum absolute atomic E-state index is 0.0409. The lowest BCUT2D eigenvalue weighted by molar-refractivity contribution is -0.166. The number of phenolic OH excluding ortho intramolecular Hbond substituents is 1. The molecular weight excluding hydrogens is 436 g/mol. The summed E-state index contributed by atoms with van der Waals surface area (Å²) in [5, 5.41) is 56.9. The Morgan fingerprint density at radius 3 is 2.44 bits per heavy atom. The molecule has 0 aliphatic heterocycles. The molecule has 0 saturated heterocycles. The van der Waals surface area contributed by atoms with Crippen LogP contribution in [-0.2, 0) is 4.79 Å². The van der Waals surface area contributed by atoms with E-state index in [-0.39, 0.29) is 24.4 Å². The van der Waals surface area contributed by atoms with Gasteiger partial charge in [-0.1, -0.05) is 36.4 Å². The van der Waals surface area contributed by atoms with E-state index in [1.807, 2.05) is 24.3 Å². The molecule has 5 rings (SSSR count). The Bertz CT molecular complexity index is 1170. The molecule has 0 bridgehead atoms. The number of phenols is 1. The van der Waals surface area contributed by atoms with Crippen molar-refractivity contribution in [2.45, 2.75) is 36.7 Å². The van der Waals surface area contributed by atoms with E-state index in [0.717, 1.165) is 5.57 Å². The topological polar surface area (TPSA) is 147 Å². The van der Waals surface area contributed by atoms with Crippen molar-refractivity contribution < 1.29 is 30.3 Å². The molecule has 4 aliphatic rings. The number of carbonyl (C=O) groups is 1. The number of nitrogens with two attached hydrogens (primary N) is 1. The van der Waals surface area contributed by atoms with E-state index in [0.29, 0.717) is 22.3 Å². The number of primary amides is 1. The first-order valence-electron chi connectivity index (χ1n) is 11.5. The number of hydrogen-bond donors (Lipinski definition) is 6. The Morgan fingerprint density at radius 2 is 1.82 bits per heavy atom. The first-order chi connectivity index (χ1) is 16.1. The summed E-state index contributed by atoms with van der Waals surface area (Å²) in [6, 6.07) is 4.26. The van der Waals surface area contributed by atoms with Crippen molar-refractivity contribution in [3.8, 4) is 5.75 Å². The Kier molecular flexibility index (Phi) is 5.25. The van der Waals surface area contributed by atoms with E-state index < -0.39 is 47.5 Å². The molecule has 4 aliphatic carbocycles. The second kappa shape index (κ2) is 7.81. The van der Waals surface area contributed by atoms with E-state index in [4.69, 9.17) is 5.73 Å². The molecule has 7 atom stereocenters. The lowest BCUT2D eigenvalue weighted by Gasteiger charge is -2.56. The Labute approximate surface area is 197 Å². The van der Waals surface area contributed by atoms with Crippen LogP contribution < -0.4 is 5.73 Å². The summed E-state index contributed by atoms with van der Waals surface area (Å²) < 4.78 is 0. The molecular formula is C26H30N2O6. The normalized spacial score (nSPS) is 36.5. The highest BCUT2D eigenvalue weighted by Gasteiger charge is 2.61. The summed E-state index contributed by atoms with van der Waals surface area (Å²) in [4.78, 5) is 13.9. The van der Waals surface area contributed by atoms with Crippen LogP contribution in [0.25, 0.3) is 5.57 Å². The number of benzene rings is 1. The minimum Gasteiger partial charge on any atom is -0.509 e. The molecule has 1 aromatic carbocycles. The lowest BCUT2D eigenvalue weighted by atomic mass is 9.55. The van der Waals surface area contributed by atoms with Gasteiger partial charge in [-0.05, 0) is 44.1 Å². The summed E-state index contributed by atoms with van der Waals surface area (Å²) >= 11 is 0. The molecule has 1 saturated carbocycles. The van der Waals surface area contributed by atoms with Crippen molar-refractivity contribution in [2.24, 2.45) is 23.5 Å². The zero-order valence-corrected chi connectivity index (χ0v) is 19.1. The average molecular weight is 467 g/mol. The van der Waals surface area contributed by atoms with Gasteiger partial charge >= 0.3 is 0 Å². The molecule has 0 spiro atoms. The molecule has 4 unspecified atom stereocenters. The smallest absolute Gasteiger partial charge is 0.223 e. The van der Waals surface area contributed by atoms with Gasteiger partial charge in [0.1, 0.15) is 17.1 Å². The number of nitrogens with zero attached hydrogens (tertiary/aromatic N) is 1. The molecule has 0 aromatic heterocycles. The van der Waals surface area contributed by atoms with Gasteiger partial charge < -0.3 is 36.2 Å². The predicted octanol–water partition coefficient (Wildman–Crippen LogP) is 1.29. The van der Waals surface area contributed by atoms with Crippen molar-refractivity contribution in [3.05, 3.63) is 70.5 Å². The molecule has 1 fully saturated rings. The molecule has 0 heterocycles. The van der Waals surface area contributed by atoms with Gasteiger partial charge in [0, 0.05) is 34.6 Å². The summed E-state index contributed by atoms with van der Waals surface area (Å²) in [6.45, 7) is 0. The Balaban J connectivity index is 1.80. The van der Waals surface area contributed by atoms with Crippen LogP contribution in [0.1, 0.15) is 30.1 Å². The third-order valence-corrected chi connectivity index (χ3v) is 8.07. The average Bonchev–Trinajstić information content (AvgIpc) is 3.30. The molecule has 1 aromatic rings. The maximum absolute atomic E-state index is 12.2. The number of aliphatic hydroxyl groups excluding tert-OH is 3. The summed E-state index contributed by atoms with van der Waals surface area (Å²) in [5.74, 6) is -3.47. The van der Waals surface area contributed by atoms with Crippen molar-refractivity contribution in [1.29, 1.82) is 0 Å². The minimum atomic E-state index is -1.85. The van der Waals surface area contributed by atoms with Gasteiger partial charge in [0.05, 0.1) is 18.1 Å². The number of carbonyl (C=O) groups excluding carboxylic acids is 1. The maximum Gasteiger partial charge on any atom is 0.223 e. The molecule has 1 amide bonds. The van der Waals surface area contributed by atoms with Gasteiger partial charge in [0.25, 0.3) is 0 Å². The van der Waals surface area contributed by atoms with Gasteiger partial charge in [-0.3, -0.25) is 4.79 Å². The second-order valence-electron chi connectivity index (χ2n) is 10.0. The van der Waals surface area contributed by atoms with Crippen LogP contribution >= 0.6 is 0 Å². The van der Waals surface area contributed by atoms with Gasteiger partial charge in [0.15, 0.2) is 0 Å². The summed E-state index contributed by atoms with van der Waals surface area (Å²) in [7, 11) is 3.47. The third kappa shape index (κ3) is 3.03. The standard InChI is InChI=1S/C26H30N2O6/c1-28(2)21-16-10-14-20(24(32)26(16,34)11-15(23(21)31)25(27)33)18(12-6-3-4-7-12)19-13(22(14)30)8-5-9-17(19)29/h3-9,14-16,21-23,29-32,34H,10-11H2,1-2H3,(H2,27,33)/t14?,15?,16?,21-,22+,23?,26-/m0/s1. The Morgan fingerprint density at radius 1 is 1.15 bits per heavy atom. The first-order valence-corrected chi connectivity index (χ1v) is 11.5. The molecule has 8 heteroatoms. The van der Waals surface area contributed by atoms with Crippen molar-refractivity contribution in [1.82, 2.24) is 4.90 Å². The SMILES string of the molecule is CN(C)[C@@H]1C(O)C(C(N)=O)C[C@@]2(O)C(O)=C3C(=C4C=CC=C4)c4c(O)cccc4[C@@H](O)C3CC12. The number of aliphatic hydroxyl groups is 4. The monoisotopic (exact) mass is 466 g/mol. The molecule has 180 valence electrons. The fourth-order valence-electron chi connectivity index (χ4n) is 6.57. The highest BCUT2D eigenvalue weighted by atomic mass is 16.3. The highest BCUT2D eigenvalue weighted by molar-refractivity contribution is 5.92. The van der Waals surface area contributed by atoms with Crippen molar-refractivity contribution >= 4 is 11.5 Å². The molecule has 7 N–H and O–H groups in total.